The molecule has 3 heterocycles. The normalized spacial score (nSPS) is 20.4. The van der Waals surface area contributed by atoms with Crippen molar-refractivity contribution in [2.24, 2.45) is 11.8 Å². The number of carbonyl (C=O) groups is 1. The largest absolute Gasteiger partial charge is 0.465 e. The Labute approximate surface area is 259 Å². The smallest absolute Gasteiger partial charge is 0.410 e. The minimum absolute atomic E-state index is 0.0825. The Hall–Kier alpha value is -4.35. The van der Waals surface area contributed by atoms with Crippen LogP contribution in [0.1, 0.15) is 43.1 Å². The van der Waals surface area contributed by atoms with Crippen LogP contribution in [0.15, 0.2) is 61.2 Å². The fourth-order valence-electron chi connectivity index (χ4n) is 6.23. The van der Waals surface area contributed by atoms with E-state index in [4.69, 9.17) is 26.7 Å². The van der Waals surface area contributed by atoms with Gasteiger partial charge >= 0.3 is 6.09 Å². The first kappa shape index (κ1) is 29.7. The molecule has 3 N–H and O–H groups in total. The van der Waals surface area contributed by atoms with Crippen LogP contribution in [0.2, 0.25) is 5.02 Å². The predicted octanol–water partition coefficient (Wildman–Crippen LogP) is 6.45. The number of amides is 1. The van der Waals surface area contributed by atoms with Crippen LogP contribution in [-0.2, 0) is 11.3 Å². The molecule has 1 aliphatic heterocycles. The quantitative estimate of drug-likeness (QED) is 0.123. The zero-order chi connectivity index (χ0) is 30.8. The Bertz CT molecular complexity index is 1710. The number of rotatable bonds is 7. The van der Waals surface area contributed by atoms with Crippen molar-refractivity contribution in [2.45, 2.75) is 38.3 Å². The first-order chi connectivity index (χ1) is 21.3. The molecule has 1 atom stereocenters. The van der Waals surface area contributed by atoms with Crippen LogP contribution in [-0.4, -0.2) is 56.3 Å². The van der Waals surface area contributed by atoms with Gasteiger partial charge in [-0.25, -0.2) is 19.2 Å². The summed E-state index contributed by atoms with van der Waals surface area (Å²) in [4.78, 5) is 27.7. The minimum Gasteiger partial charge on any atom is -0.465 e. The molecule has 0 bridgehead atoms. The summed E-state index contributed by atoms with van der Waals surface area (Å²) in [6.45, 7) is 6.09. The van der Waals surface area contributed by atoms with Crippen LogP contribution in [0.25, 0.3) is 22.4 Å². The van der Waals surface area contributed by atoms with Gasteiger partial charge in [0, 0.05) is 18.7 Å². The van der Waals surface area contributed by atoms with Gasteiger partial charge in [0.15, 0.2) is 23.1 Å². The summed E-state index contributed by atoms with van der Waals surface area (Å²) >= 11 is 6.22. The van der Waals surface area contributed by atoms with E-state index in [2.05, 4.69) is 38.1 Å². The lowest BCUT2D eigenvalue weighted by molar-refractivity contribution is 0.0927. The van der Waals surface area contributed by atoms with Crippen molar-refractivity contribution >= 4 is 40.6 Å². The van der Waals surface area contributed by atoms with Gasteiger partial charge in [-0.15, -0.1) is 6.58 Å². The number of fused-ring (bicyclic) bond motifs is 1. The number of morpholine rings is 1. The van der Waals surface area contributed by atoms with Crippen LogP contribution >= 0.6 is 11.6 Å². The molecule has 6 rings (SSSR count). The van der Waals surface area contributed by atoms with Crippen LogP contribution in [0, 0.1) is 23.1 Å². The molecule has 0 spiro atoms. The number of halogens is 2. The molecule has 2 fully saturated rings. The summed E-state index contributed by atoms with van der Waals surface area (Å²) in [6.07, 6.45) is 4.66. The third-order valence-electron chi connectivity index (χ3n) is 8.48. The van der Waals surface area contributed by atoms with Gasteiger partial charge in [0.1, 0.15) is 11.2 Å². The number of nitrogens with one attached hydrogen (secondary N) is 2. The van der Waals surface area contributed by atoms with Gasteiger partial charge in [-0.3, -0.25) is 10.7 Å². The maximum Gasteiger partial charge on any atom is 0.410 e. The van der Waals surface area contributed by atoms with E-state index in [9.17, 15) is 9.90 Å². The number of allylic oxidation sites excluding steroid dienone is 1. The van der Waals surface area contributed by atoms with Crippen molar-refractivity contribution in [1.82, 2.24) is 24.8 Å². The van der Waals surface area contributed by atoms with Gasteiger partial charge < -0.3 is 19.3 Å². The van der Waals surface area contributed by atoms with Crippen molar-refractivity contribution in [3.63, 3.8) is 0 Å². The Morgan fingerprint density at radius 1 is 1.14 bits per heavy atom. The average molecular weight is 618 g/mol. The molecular weight excluding hydrogens is 585 g/mol. The molecule has 12 heteroatoms. The lowest BCUT2D eigenvalue weighted by Gasteiger charge is -2.37. The van der Waals surface area contributed by atoms with E-state index >= 15 is 4.39 Å². The molecule has 10 nitrogen and oxygen atoms in total. The van der Waals surface area contributed by atoms with E-state index in [1.807, 2.05) is 29.6 Å². The summed E-state index contributed by atoms with van der Waals surface area (Å²) in [5.41, 5.74) is 2.09. The molecule has 1 saturated heterocycles. The summed E-state index contributed by atoms with van der Waals surface area (Å²) in [5.74, 6) is 0.000959. The van der Waals surface area contributed by atoms with E-state index < -0.39 is 17.7 Å². The highest BCUT2D eigenvalue weighted by Gasteiger charge is 2.33. The number of amidine groups is 1. The van der Waals surface area contributed by atoms with E-state index in [-0.39, 0.29) is 33.8 Å². The fourth-order valence-corrected chi connectivity index (χ4v) is 6.40. The highest BCUT2D eigenvalue weighted by molar-refractivity contribution is 6.31. The number of nitrogens with zero attached hydrogens (tertiary/aromatic N) is 5. The summed E-state index contributed by atoms with van der Waals surface area (Å²) in [5, 5.41) is 19.5. The molecule has 2 aliphatic rings. The zero-order valence-corrected chi connectivity index (χ0v) is 24.8. The van der Waals surface area contributed by atoms with Gasteiger partial charge in [0.25, 0.3) is 0 Å². The number of aromatic nitrogens is 4. The molecule has 1 saturated carbocycles. The number of carboxylic acid groups (broad SMARTS) is 1. The number of ether oxygens (including phenoxy) is 1. The SMILES string of the molecule is C=C[C@H]1CC[C@H](Cn2c(N3CCOC[C@H]3c3ccccc3)nc3nc(C(=N)NC(=O)O)nc(-c4cccc(Cl)c4F)c32)CC1. The van der Waals surface area contributed by atoms with Gasteiger partial charge in [-0.2, -0.15) is 4.98 Å². The summed E-state index contributed by atoms with van der Waals surface area (Å²) < 4.78 is 23.6. The third kappa shape index (κ3) is 5.89. The second-order valence-corrected chi connectivity index (χ2v) is 11.6. The Morgan fingerprint density at radius 3 is 2.64 bits per heavy atom. The molecule has 1 aliphatic carbocycles. The number of hydrogen-bond acceptors (Lipinski definition) is 7. The second kappa shape index (κ2) is 12.7. The van der Waals surface area contributed by atoms with Crippen LogP contribution in [0.4, 0.5) is 15.1 Å². The summed E-state index contributed by atoms with van der Waals surface area (Å²) in [6, 6.07) is 14.6. The van der Waals surface area contributed by atoms with Crippen LogP contribution < -0.4 is 10.2 Å². The number of hydrogen-bond donors (Lipinski definition) is 3. The predicted molar refractivity (Wildman–Crippen MR) is 167 cm³/mol. The standard InChI is InChI=1S/C32H33ClFN7O3/c1-2-19-11-13-20(14-12-19)17-41-27-26(22-9-6-10-23(33)25(22)34)36-30(28(35)37-32(42)43)38-29(27)39-31(41)40-15-16-44-18-24(40)21-7-4-3-5-8-21/h2-10,19-20,24H,1,11-18H2,(H2,35,37)(H,42,43)/t19-,20-,24-/m0/s1. The van der Waals surface area contributed by atoms with Gasteiger partial charge in [0.05, 0.1) is 24.3 Å². The van der Waals surface area contributed by atoms with Crippen molar-refractivity contribution in [1.29, 1.82) is 5.41 Å². The van der Waals surface area contributed by atoms with Crippen molar-refractivity contribution in [3.8, 4) is 11.3 Å². The summed E-state index contributed by atoms with van der Waals surface area (Å²) in [7, 11) is 0. The van der Waals surface area contributed by atoms with E-state index in [0.29, 0.717) is 49.6 Å². The highest BCUT2D eigenvalue weighted by Crippen LogP contribution is 2.39. The van der Waals surface area contributed by atoms with Crippen molar-refractivity contribution < 1.29 is 19.0 Å². The van der Waals surface area contributed by atoms with E-state index in [1.54, 1.807) is 12.1 Å². The van der Waals surface area contributed by atoms with Gasteiger partial charge in [-0.05, 0) is 55.2 Å². The first-order valence-electron chi connectivity index (χ1n) is 14.7. The Balaban J connectivity index is 1.57. The van der Waals surface area contributed by atoms with Gasteiger partial charge in [-0.1, -0.05) is 54.1 Å². The number of anilines is 1. The lowest BCUT2D eigenvalue weighted by Crippen LogP contribution is -2.41. The van der Waals surface area contributed by atoms with Crippen LogP contribution in [0.5, 0.6) is 0 Å². The average Bonchev–Trinajstić information content (AvgIpc) is 3.40. The zero-order valence-electron chi connectivity index (χ0n) is 24.0. The second-order valence-electron chi connectivity index (χ2n) is 11.2. The number of benzene rings is 2. The molecule has 2 aromatic heterocycles. The third-order valence-corrected chi connectivity index (χ3v) is 8.77. The Morgan fingerprint density at radius 2 is 1.91 bits per heavy atom. The minimum atomic E-state index is -1.44. The maximum atomic E-state index is 15.7. The molecule has 2 aromatic carbocycles. The maximum absolute atomic E-state index is 15.7. The lowest BCUT2D eigenvalue weighted by atomic mass is 9.82. The monoisotopic (exact) mass is 617 g/mol. The van der Waals surface area contributed by atoms with Crippen molar-refractivity contribution in [2.75, 3.05) is 24.7 Å². The van der Waals surface area contributed by atoms with E-state index in [1.165, 1.54) is 6.07 Å². The molecule has 0 unspecified atom stereocenters. The van der Waals surface area contributed by atoms with E-state index in [0.717, 1.165) is 31.2 Å². The topological polar surface area (TPSA) is 129 Å². The molecular formula is C32H33ClFN7O3. The van der Waals surface area contributed by atoms with Crippen LogP contribution in [0.3, 0.4) is 0 Å². The first-order valence-corrected chi connectivity index (χ1v) is 15.0. The fraction of sp³-hybridized carbons (Fsp3) is 0.344. The molecule has 228 valence electrons. The molecule has 44 heavy (non-hydrogen) atoms. The highest BCUT2D eigenvalue weighted by atomic mass is 35.5. The molecule has 1 amide bonds. The van der Waals surface area contributed by atoms with Gasteiger partial charge in [0.2, 0.25) is 5.95 Å². The number of imidazole rings is 1. The molecule has 0 radical (unpaired) electrons. The Kier molecular flexibility index (Phi) is 8.58. The van der Waals surface area contributed by atoms with Crippen molar-refractivity contribution in [3.05, 3.63) is 83.4 Å². The molecule has 4 aromatic rings.